The summed E-state index contributed by atoms with van der Waals surface area (Å²) in [6.45, 7) is -0.284. The molecule has 1 aliphatic carbocycles. The number of rotatable bonds is 13. The standard InChI is InChI=1S/C34H42O7/c1-41-33-20-29(25(22-35)17-32(33)40)24(11-10-23-8-4-2-5-9-23)16-27(36)19-28(37)21-34(14-6-3-7-15-34)26-12-13-30(38)31(39)18-26/h2,4-5,8-9,12-13,17-18,20,24,28,35,37-40H,3,6-7,10-11,14-16,19,21-22H2,1H3/t24-,28+/m1/s1. The van der Waals surface area contributed by atoms with Gasteiger partial charge in [0, 0.05) is 12.8 Å². The SMILES string of the molecule is COc1cc([C@H](CCc2ccccc2)CC(=O)C[C@H](O)CC2(c3ccc(O)c(O)c3)CCCCC2)c(CO)cc1O. The quantitative estimate of drug-likeness (QED) is 0.161. The highest BCUT2D eigenvalue weighted by Crippen LogP contribution is 2.45. The maximum Gasteiger partial charge on any atom is 0.160 e. The van der Waals surface area contributed by atoms with Gasteiger partial charge in [-0.3, -0.25) is 4.79 Å². The molecule has 0 aromatic heterocycles. The molecule has 4 rings (SSSR count). The Hall–Kier alpha value is -3.55. The van der Waals surface area contributed by atoms with Crippen LogP contribution < -0.4 is 4.74 Å². The van der Waals surface area contributed by atoms with Gasteiger partial charge in [-0.05, 0) is 90.0 Å². The minimum atomic E-state index is -0.863. The van der Waals surface area contributed by atoms with Crippen LogP contribution in [0.1, 0.15) is 86.0 Å². The summed E-state index contributed by atoms with van der Waals surface area (Å²) >= 11 is 0. The molecule has 1 aliphatic rings. The molecule has 3 aromatic carbocycles. The van der Waals surface area contributed by atoms with Crippen molar-refractivity contribution in [3.63, 3.8) is 0 Å². The van der Waals surface area contributed by atoms with Crippen molar-refractivity contribution >= 4 is 5.78 Å². The molecule has 7 heteroatoms. The van der Waals surface area contributed by atoms with Crippen LogP contribution in [0, 0.1) is 0 Å². The number of aliphatic hydroxyl groups excluding tert-OH is 2. The van der Waals surface area contributed by atoms with E-state index < -0.39 is 6.10 Å². The highest BCUT2D eigenvalue weighted by molar-refractivity contribution is 5.80. The van der Waals surface area contributed by atoms with E-state index in [-0.39, 0.29) is 59.6 Å². The van der Waals surface area contributed by atoms with Gasteiger partial charge >= 0.3 is 0 Å². The summed E-state index contributed by atoms with van der Waals surface area (Å²) in [5.41, 5.74) is 2.94. The van der Waals surface area contributed by atoms with Gasteiger partial charge in [0.05, 0.1) is 19.8 Å². The molecule has 3 aromatic rings. The van der Waals surface area contributed by atoms with Gasteiger partial charge in [0.2, 0.25) is 0 Å². The minimum absolute atomic E-state index is 0.00265. The Labute approximate surface area is 242 Å². The van der Waals surface area contributed by atoms with Gasteiger partial charge in [-0.25, -0.2) is 0 Å². The Bertz CT molecular complexity index is 1300. The van der Waals surface area contributed by atoms with E-state index in [4.69, 9.17) is 4.74 Å². The van der Waals surface area contributed by atoms with Crippen LogP contribution in [0.15, 0.2) is 60.7 Å². The molecule has 41 heavy (non-hydrogen) atoms. The number of ether oxygens (including phenoxy) is 1. The normalized spacial score (nSPS) is 16.2. The van der Waals surface area contributed by atoms with Gasteiger partial charge in [-0.2, -0.15) is 0 Å². The lowest BCUT2D eigenvalue weighted by atomic mass is 9.66. The van der Waals surface area contributed by atoms with Crippen molar-refractivity contribution in [2.24, 2.45) is 0 Å². The largest absolute Gasteiger partial charge is 0.504 e. The third kappa shape index (κ3) is 7.60. The molecule has 220 valence electrons. The highest BCUT2D eigenvalue weighted by atomic mass is 16.5. The summed E-state index contributed by atoms with van der Waals surface area (Å²) in [4.78, 5) is 13.5. The first-order chi connectivity index (χ1) is 19.7. The average molecular weight is 563 g/mol. The fourth-order valence-corrected chi connectivity index (χ4v) is 6.50. The molecule has 0 amide bonds. The van der Waals surface area contributed by atoms with E-state index in [2.05, 4.69) is 0 Å². The maximum atomic E-state index is 13.5. The predicted molar refractivity (Wildman–Crippen MR) is 157 cm³/mol. The van der Waals surface area contributed by atoms with Gasteiger partial charge in [0.1, 0.15) is 5.78 Å². The second-order valence-electron chi connectivity index (χ2n) is 11.5. The average Bonchev–Trinajstić information content (AvgIpc) is 2.97. The van der Waals surface area contributed by atoms with Crippen LogP contribution in [0.4, 0.5) is 0 Å². The Morgan fingerprint density at radius 3 is 2.29 bits per heavy atom. The van der Waals surface area contributed by atoms with Gasteiger partial charge in [-0.15, -0.1) is 0 Å². The van der Waals surface area contributed by atoms with Crippen LogP contribution in [0.5, 0.6) is 23.0 Å². The molecule has 0 aliphatic heterocycles. The third-order valence-electron chi connectivity index (χ3n) is 8.64. The first-order valence-corrected chi connectivity index (χ1v) is 14.5. The molecule has 2 atom stereocenters. The summed E-state index contributed by atoms with van der Waals surface area (Å²) < 4.78 is 5.33. The second kappa shape index (κ2) is 13.9. The molecule has 0 unspecified atom stereocenters. The van der Waals surface area contributed by atoms with Crippen molar-refractivity contribution in [1.29, 1.82) is 0 Å². The van der Waals surface area contributed by atoms with E-state index in [1.165, 1.54) is 19.2 Å². The number of aliphatic hydroxyl groups is 2. The first-order valence-electron chi connectivity index (χ1n) is 14.5. The number of methoxy groups -OCH3 is 1. The molecule has 0 spiro atoms. The minimum Gasteiger partial charge on any atom is -0.504 e. The molecular weight excluding hydrogens is 520 g/mol. The Kier molecular flexibility index (Phi) is 10.3. The number of phenols is 3. The number of aromatic hydroxyl groups is 3. The zero-order valence-electron chi connectivity index (χ0n) is 23.8. The molecule has 0 heterocycles. The van der Waals surface area contributed by atoms with Crippen molar-refractivity contribution in [2.45, 2.75) is 88.3 Å². The number of ketones is 1. The fourth-order valence-electron chi connectivity index (χ4n) is 6.50. The number of hydrogen-bond donors (Lipinski definition) is 5. The molecular formula is C34H42O7. The number of carbonyl (C=O) groups is 1. The monoisotopic (exact) mass is 562 g/mol. The van der Waals surface area contributed by atoms with Gasteiger partial charge in [0.15, 0.2) is 23.0 Å². The molecule has 7 nitrogen and oxygen atoms in total. The van der Waals surface area contributed by atoms with Gasteiger partial charge in [-0.1, -0.05) is 55.7 Å². The van der Waals surface area contributed by atoms with Crippen LogP contribution in [-0.4, -0.2) is 44.5 Å². The molecule has 1 fully saturated rings. The highest BCUT2D eigenvalue weighted by Gasteiger charge is 2.37. The Balaban J connectivity index is 1.53. The van der Waals surface area contributed by atoms with Gasteiger partial charge in [0.25, 0.3) is 0 Å². The van der Waals surface area contributed by atoms with Crippen LogP contribution in [-0.2, 0) is 23.2 Å². The van der Waals surface area contributed by atoms with E-state index in [0.29, 0.717) is 18.4 Å². The topological polar surface area (TPSA) is 127 Å². The van der Waals surface area contributed by atoms with Crippen molar-refractivity contribution in [1.82, 2.24) is 0 Å². The van der Waals surface area contributed by atoms with Gasteiger partial charge < -0.3 is 30.3 Å². The van der Waals surface area contributed by atoms with E-state index in [9.17, 15) is 30.3 Å². The molecule has 0 radical (unpaired) electrons. The fraction of sp³-hybridized carbons (Fsp3) is 0.441. The lowest BCUT2D eigenvalue weighted by Gasteiger charge is -2.39. The molecule has 0 saturated heterocycles. The van der Waals surface area contributed by atoms with E-state index >= 15 is 0 Å². The number of benzene rings is 3. The first kappa shape index (κ1) is 30.4. The molecule has 0 bridgehead atoms. The van der Waals surface area contributed by atoms with Crippen molar-refractivity contribution in [3.8, 4) is 23.0 Å². The summed E-state index contributed by atoms with van der Waals surface area (Å²) in [6.07, 6.45) is 5.86. The second-order valence-corrected chi connectivity index (χ2v) is 11.5. The number of phenolic OH excluding ortho intramolecular Hbond substituents is 3. The summed E-state index contributed by atoms with van der Waals surface area (Å²) in [5.74, 6) is -0.462. The Morgan fingerprint density at radius 2 is 1.63 bits per heavy atom. The van der Waals surface area contributed by atoms with Crippen LogP contribution in [0.3, 0.4) is 0 Å². The van der Waals surface area contributed by atoms with E-state index in [0.717, 1.165) is 55.2 Å². The lowest BCUT2D eigenvalue weighted by molar-refractivity contribution is -0.121. The van der Waals surface area contributed by atoms with Crippen molar-refractivity contribution in [2.75, 3.05) is 7.11 Å². The Morgan fingerprint density at radius 1 is 0.902 bits per heavy atom. The van der Waals surface area contributed by atoms with Crippen molar-refractivity contribution < 1.29 is 35.1 Å². The number of aryl methyl sites for hydroxylation is 1. The predicted octanol–water partition coefficient (Wildman–Crippen LogP) is 6.02. The number of Topliss-reactive ketones (excluding diaryl/α,β-unsaturated/α-hetero) is 1. The summed E-state index contributed by atoms with van der Waals surface area (Å²) in [5, 5.41) is 51.5. The van der Waals surface area contributed by atoms with Crippen LogP contribution in [0.25, 0.3) is 0 Å². The summed E-state index contributed by atoms with van der Waals surface area (Å²) in [7, 11) is 1.47. The third-order valence-corrected chi connectivity index (χ3v) is 8.64. The number of hydrogen-bond acceptors (Lipinski definition) is 7. The smallest absolute Gasteiger partial charge is 0.160 e. The lowest BCUT2D eigenvalue weighted by Crippen LogP contribution is -2.34. The van der Waals surface area contributed by atoms with Crippen LogP contribution >= 0.6 is 0 Å². The summed E-state index contributed by atoms with van der Waals surface area (Å²) in [6, 6.07) is 18.1. The van der Waals surface area contributed by atoms with E-state index in [1.807, 2.05) is 36.4 Å². The zero-order valence-corrected chi connectivity index (χ0v) is 23.8. The van der Waals surface area contributed by atoms with Crippen molar-refractivity contribution in [3.05, 3.63) is 82.9 Å². The zero-order chi connectivity index (χ0) is 29.4. The molecule has 1 saturated carbocycles. The maximum absolute atomic E-state index is 13.5. The van der Waals surface area contributed by atoms with E-state index in [1.54, 1.807) is 12.1 Å². The number of carbonyl (C=O) groups excluding carboxylic acids is 1. The van der Waals surface area contributed by atoms with Crippen LogP contribution in [0.2, 0.25) is 0 Å². The molecule has 5 N–H and O–H groups in total.